The molecule has 4 aromatic carbocycles. The van der Waals surface area contributed by atoms with Crippen LogP contribution in [-0.4, -0.2) is 0 Å². The fraction of sp³-hybridized carbons (Fsp3) is 0.176. The van der Waals surface area contributed by atoms with Gasteiger partial charge in [-0.1, -0.05) is 85.1 Å². The van der Waals surface area contributed by atoms with Gasteiger partial charge in [-0.25, -0.2) is 0 Å². The molecule has 0 heterocycles. The van der Waals surface area contributed by atoms with Crippen molar-refractivity contribution in [3.05, 3.63) is 129 Å². The molecule has 0 fully saturated rings. The molecule has 0 nitrogen and oxygen atoms in total. The summed E-state index contributed by atoms with van der Waals surface area (Å²) in [7, 11) is 0. The molecule has 0 bridgehead atoms. The molecular formula is C34H30. The molecule has 0 atom stereocenters. The van der Waals surface area contributed by atoms with Gasteiger partial charge in [0.1, 0.15) is 0 Å². The van der Waals surface area contributed by atoms with Crippen molar-refractivity contribution in [2.24, 2.45) is 0 Å². The molecule has 166 valence electrons. The second-order valence-corrected chi connectivity index (χ2v) is 8.68. The summed E-state index contributed by atoms with van der Waals surface area (Å²) >= 11 is 0. The van der Waals surface area contributed by atoms with Crippen LogP contribution in [0, 0.1) is 37.5 Å². The van der Waals surface area contributed by atoms with Crippen LogP contribution in [0.3, 0.4) is 0 Å². The van der Waals surface area contributed by atoms with Gasteiger partial charge in [0.15, 0.2) is 0 Å². The summed E-state index contributed by atoms with van der Waals surface area (Å²) in [6.45, 7) is 8.57. The number of rotatable bonds is 3. The van der Waals surface area contributed by atoms with E-state index in [2.05, 4.69) is 136 Å². The summed E-state index contributed by atoms with van der Waals surface area (Å²) in [5, 5.41) is 0. The average molecular weight is 439 g/mol. The zero-order chi connectivity index (χ0) is 23.9. The number of hydrogen-bond donors (Lipinski definition) is 0. The molecule has 0 saturated heterocycles. The Morgan fingerprint density at radius 2 is 0.853 bits per heavy atom. The molecular weight excluding hydrogens is 408 g/mol. The zero-order valence-electron chi connectivity index (χ0n) is 20.5. The first kappa shape index (κ1) is 23.2. The van der Waals surface area contributed by atoms with Gasteiger partial charge in [-0.05, 0) is 97.5 Å². The standard InChI is InChI=1S/C34H30/c1-5-29-23-33(21-19-31(29)17-15-27-11-7-25(3)8-12-27)34-22-20-32(30(6-2)24-34)18-16-28-13-9-26(4)10-14-28/h7-14,19-24H,5-6H2,1-4H3. The van der Waals surface area contributed by atoms with Crippen LogP contribution in [0.2, 0.25) is 0 Å². The van der Waals surface area contributed by atoms with E-state index in [9.17, 15) is 0 Å². The minimum atomic E-state index is 0.951. The van der Waals surface area contributed by atoms with E-state index in [1.807, 2.05) is 0 Å². The van der Waals surface area contributed by atoms with Crippen molar-refractivity contribution < 1.29 is 0 Å². The van der Waals surface area contributed by atoms with Crippen LogP contribution in [0.1, 0.15) is 58.4 Å². The van der Waals surface area contributed by atoms with E-state index in [1.165, 1.54) is 33.4 Å². The Kier molecular flexibility index (Phi) is 7.32. The highest BCUT2D eigenvalue weighted by molar-refractivity contribution is 5.68. The summed E-state index contributed by atoms with van der Waals surface area (Å²) in [4.78, 5) is 0. The lowest BCUT2D eigenvalue weighted by Crippen LogP contribution is -1.92. The molecule has 0 amide bonds. The third-order valence-corrected chi connectivity index (χ3v) is 6.09. The molecule has 0 N–H and O–H groups in total. The largest absolute Gasteiger partial charge is 0.0616 e. The molecule has 0 heteroatoms. The first-order valence-electron chi connectivity index (χ1n) is 12.0. The quantitative estimate of drug-likeness (QED) is 0.285. The van der Waals surface area contributed by atoms with Crippen molar-refractivity contribution >= 4 is 0 Å². The first-order chi connectivity index (χ1) is 16.6. The Morgan fingerprint density at radius 1 is 0.471 bits per heavy atom. The molecule has 0 unspecified atom stereocenters. The van der Waals surface area contributed by atoms with Crippen molar-refractivity contribution in [3.8, 4) is 34.8 Å². The Morgan fingerprint density at radius 3 is 1.21 bits per heavy atom. The van der Waals surface area contributed by atoms with E-state index in [4.69, 9.17) is 0 Å². The monoisotopic (exact) mass is 438 g/mol. The van der Waals surface area contributed by atoms with Gasteiger partial charge < -0.3 is 0 Å². The second-order valence-electron chi connectivity index (χ2n) is 8.68. The van der Waals surface area contributed by atoms with E-state index < -0.39 is 0 Å². The van der Waals surface area contributed by atoms with Gasteiger partial charge in [0.05, 0.1) is 0 Å². The van der Waals surface area contributed by atoms with Crippen LogP contribution >= 0.6 is 0 Å². The lowest BCUT2D eigenvalue weighted by atomic mass is 9.94. The smallest absolute Gasteiger partial charge is 0.0281 e. The number of aryl methyl sites for hydroxylation is 4. The minimum absolute atomic E-state index is 0.951. The highest BCUT2D eigenvalue weighted by Crippen LogP contribution is 2.26. The molecule has 34 heavy (non-hydrogen) atoms. The highest BCUT2D eigenvalue weighted by atomic mass is 14.1. The van der Waals surface area contributed by atoms with Gasteiger partial charge in [0.25, 0.3) is 0 Å². The minimum Gasteiger partial charge on any atom is -0.0616 e. The summed E-state index contributed by atoms with van der Waals surface area (Å²) in [5.41, 5.74) is 11.8. The van der Waals surface area contributed by atoms with E-state index in [0.29, 0.717) is 0 Å². The Labute approximate surface area is 204 Å². The van der Waals surface area contributed by atoms with E-state index >= 15 is 0 Å². The predicted octanol–water partition coefficient (Wildman–Crippen LogP) is 7.89. The van der Waals surface area contributed by atoms with E-state index in [-0.39, 0.29) is 0 Å². The van der Waals surface area contributed by atoms with Crippen molar-refractivity contribution in [1.82, 2.24) is 0 Å². The van der Waals surface area contributed by atoms with Crippen LogP contribution in [0.15, 0.2) is 84.9 Å². The highest BCUT2D eigenvalue weighted by Gasteiger charge is 2.06. The average Bonchev–Trinajstić information content (AvgIpc) is 2.88. The van der Waals surface area contributed by atoms with E-state index in [1.54, 1.807) is 0 Å². The van der Waals surface area contributed by atoms with Gasteiger partial charge in [-0.3, -0.25) is 0 Å². The third kappa shape index (κ3) is 5.67. The summed E-state index contributed by atoms with van der Waals surface area (Å²) in [6, 6.07) is 30.0. The molecule has 0 aliphatic rings. The van der Waals surface area contributed by atoms with Crippen molar-refractivity contribution in [2.45, 2.75) is 40.5 Å². The van der Waals surface area contributed by atoms with Gasteiger partial charge in [-0.15, -0.1) is 0 Å². The van der Waals surface area contributed by atoms with Crippen LogP contribution in [0.5, 0.6) is 0 Å². The molecule has 0 spiro atoms. The topological polar surface area (TPSA) is 0 Å². The molecule has 4 aromatic rings. The second kappa shape index (κ2) is 10.7. The zero-order valence-corrected chi connectivity index (χ0v) is 20.5. The van der Waals surface area contributed by atoms with Crippen LogP contribution in [0.4, 0.5) is 0 Å². The molecule has 0 aliphatic heterocycles. The van der Waals surface area contributed by atoms with Crippen LogP contribution in [-0.2, 0) is 12.8 Å². The lowest BCUT2D eigenvalue weighted by Gasteiger charge is -2.10. The SMILES string of the molecule is CCc1cc(-c2ccc(C#Cc3ccc(C)cc3)c(CC)c2)ccc1C#Cc1ccc(C)cc1. The van der Waals surface area contributed by atoms with Crippen molar-refractivity contribution in [3.63, 3.8) is 0 Å². The predicted molar refractivity (Wildman–Crippen MR) is 145 cm³/mol. The Bertz CT molecular complexity index is 1300. The van der Waals surface area contributed by atoms with Crippen LogP contribution < -0.4 is 0 Å². The molecule has 4 rings (SSSR count). The summed E-state index contributed by atoms with van der Waals surface area (Å²) in [6.07, 6.45) is 1.90. The Hall–Kier alpha value is -4.00. The lowest BCUT2D eigenvalue weighted by molar-refractivity contribution is 1.12. The maximum absolute atomic E-state index is 3.38. The number of hydrogen-bond acceptors (Lipinski definition) is 0. The fourth-order valence-electron chi connectivity index (χ4n) is 3.93. The fourth-order valence-corrected chi connectivity index (χ4v) is 3.93. The maximum Gasteiger partial charge on any atom is 0.0281 e. The third-order valence-electron chi connectivity index (χ3n) is 6.09. The normalized spacial score (nSPS) is 10.1. The molecule has 0 saturated carbocycles. The van der Waals surface area contributed by atoms with Gasteiger partial charge >= 0.3 is 0 Å². The van der Waals surface area contributed by atoms with Crippen molar-refractivity contribution in [2.75, 3.05) is 0 Å². The summed E-state index contributed by atoms with van der Waals surface area (Å²) < 4.78 is 0. The van der Waals surface area contributed by atoms with Crippen LogP contribution in [0.25, 0.3) is 11.1 Å². The van der Waals surface area contributed by atoms with Gasteiger partial charge in [0, 0.05) is 22.3 Å². The van der Waals surface area contributed by atoms with Gasteiger partial charge in [0.2, 0.25) is 0 Å². The maximum atomic E-state index is 3.38. The van der Waals surface area contributed by atoms with E-state index in [0.717, 1.165) is 35.1 Å². The first-order valence-corrected chi connectivity index (χ1v) is 12.0. The Balaban J connectivity index is 1.61. The number of benzene rings is 4. The van der Waals surface area contributed by atoms with Gasteiger partial charge in [-0.2, -0.15) is 0 Å². The molecule has 0 aromatic heterocycles. The summed E-state index contributed by atoms with van der Waals surface area (Å²) in [5.74, 6) is 13.4. The molecule has 0 aliphatic carbocycles. The van der Waals surface area contributed by atoms with Crippen molar-refractivity contribution in [1.29, 1.82) is 0 Å². The molecule has 0 radical (unpaired) electrons.